The Morgan fingerprint density at radius 1 is 1.29 bits per heavy atom. The van der Waals surface area contributed by atoms with Crippen LogP contribution in [-0.2, 0) is 9.59 Å². The third-order valence-corrected chi connectivity index (χ3v) is 5.04. The maximum Gasteiger partial charge on any atom is 0.249 e. The minimum Gasteiger partial charge on any atom is -0.383 e. The number of carbonyl (C=O) groups excluding carboxylic acids is 2. The molecule has 2 atom stereocenters. The maximum atomic E-state index is 12.3. The molecule has 1 aromatic rings. The molecule has 9 heteroatoms. The minimum absolute atomic E-state index is 0.251. The van der Waals surface area contributed by atoms with Crippen molar-refractivity contribution in [2.75, 3.05) is 25.1 Å². The summed E-state index contributed by atoms with van der Waals surface area (Å²) in [6.07, 6.45) is 6.78. The molecule has 0 spiro atoms. The highest BCUT2D eigenvalue weighted by Gasteiger charge is 2.25. The van der Waals surface area contributed by atoms with Crippen LogP contribution in [0.5, 0.6) is 0 Å². The zero-order valence-corrected chi connectivity index (χ0v) is 20.4. The Hall–Kier alpha value is -3.72. The van der Waals surface area contributed by atoms with E-state index in [0.717, 1.165) is 21.6 Å². The summed E-state index contributed by atoms with van der Waals surface area (Å²) in [6.45, 7) is 13.7. The van der Waals surface area contributed by atoms with Gasteiger partial charge in [-0.25, -0.2) is 5.01 Å². The second-order valence-corrected chi connectivity index (χ2v) is 7.53. The van der Waals surface area contributed by atoms with Crippen LogP contribution in [0.4, 0.5) is 5.69 Å². The van der Waals surface area contributed by atoms with Gasteiger partial charge in [-0.3, -0.25) is 14.8 Å². The van der Waals surface area contributed by atoms with Crippen molar-refractivity contribution in [1.29, 1.82) is 0 Å². The number of rotatable bonds is 9. The molecule has 0 saturated carbocycles. The number of aliphatic hydroxyl groups excluding tert-OH is 1. The lowest BCUT2D eigenvalue weighted by atomic mass is 10.1. The molecule has 0 aliphatic carbocycles. The number of hydrogen-bond donors (Lipinski definition) is 3. The van der Waals surface area contributed by atoms with E-state index in [4.69, 9.17) is 5.21 Å². The highest BCUT2D eigenvalue weighted by molar-refractivity contribution is 5.88. The van der Waals surface area contributed by atoms with Crippen LogP contribution in [0.25, 0.3) is 0 Å². The topological polar surface area (TPSA) is 108 Å². The van der Waals surface area contributed by atoms with Gasteiger partial charge in [0.15, 0.2) is 13.3 Å². The van der Waals surface area contributed by atoms with E-state index in [1.807, 2.05) is 44.2 Å². The van der Waals surface area contributed by atoms with Crippen LogP contribution in [0.15, 0.2) is 66.4 Å². The van der Waals surface area contributed by atoms with Gasteiger partial charge in [0.2, 0.25) is 11.8 Å². The summed E-state index contributed by atoms with van der Waals surface area (Å²) in [4.78, 5) is 26.1. The molecule has 2 rings (SSSR count). The summed E-state index contributed by atoms with van der Waals surface area (Å²) in [5.74, 6) is -0.840. The number of hydrogen-bond acceptors (Lipinski definition) is 6. The van der Waals surface area contributed by atoms with Crippen LogP contribution >= 0.6 is 0 Å². The number of benzene rings is 1. The van der Waals surface area contributed by atoms with Crippen LogP contribution < -0.4 is 10.3 Å². The fourth-order valence-corrected chi connectivity index (χ4v) is 2.95. The Morgan fingerprint density at radius 2 is 1.91 bits per heavy atom. The zero-order valence-electron chi connectivity index (χ0n) is 20.4. The number of nitrogens with zero attached hydrogens (tertiary/aromatic N) is 4. The second-order valence-electron chi connectivity index (χ2n) is 7.53. The summed E-state index contributed by atoms with van der Waals surface area (Å²) in [5, 5.41) is 26.8. The van der Waals surface area contributed by atoms with E-state index < -0.39 is 12.0 Å². The SMILES string of the molecule is C/C=[N+](\C)O.C=CC1=CCN(C(=O)CC(O)C(=O)NC(C)c2ccc(N(C=C)/N=C\C)cc2)C1. The fraction of sp³-hybridized carbons (Fsp3) is 0.360. The van der Waals surface area contributed by atoms with Crippen LogP contribution in [0.2, 0.25) is 0 Å². The smallest absolute Gasteiger partial charge is 0.249 e. The number of aliphatic hydroxyl groups is 1. The molecule has 1 aromatic carbocycles. The number of carbonyl (C=O) groups is 2. The van der Waals surface area contributed by atoms with Crippen molar-refractivity contribution in [2.45, 2.75) is 39.3 Å². The predicted molar refractivity (Wildman–Crippen MR) is 135 cm³/mol. The molecule has 1 aliphatic heterocycles. The van der Waals surface area contributed by atoms with Gasteiger partial charge < -0.3 is 15.3 Å². The molecule has 0 bridgehead atoms. The van der Waals surface area contributed by atoms with Gasteiger partial charge in [-0.15, -0.1) is 0 Å². The van der Waals surface area contributed by atoms with E-state index in [9.17, 15) is 14.7 Å². The molecular formula is C25H36N5O4+. The predicted octanol–water partition coefficient (Wildman–Crippen LogP) is 2.63. The van der Waals surface area contributed by atoms with Crippen LogP contribution in [0.1, 0.15) is 38.8 Å². The molecule has 34 heavy (non-hydrogen) atoms. The average molecular weight is 471 g/mol. The van der Waals surface area contributed by atoms with Gasteiger partial charge in [-0.05, 0) is 41.9 Å². The fourth-order valence-electron chi connectivity index (χ4n) is 2.95. The zero-order chi connectivity index (χ0) is 25.7. The monoisotopic (exact) mass is 470 g/mol. The Kier molecular flexibility index (Phi) is 12.0. The molecule has 0 radical (unpaired) electrons. The van der Waals surface area contributed by atoms with Crippen molar-refractivity contribution in [3.05, 3.63) is 66.9 Å². The standard InChI is InChI=1S/C22H28N4O3.C3H8NO/c1-5-17-12-13-25(15-17)21(28)14-20(27)22(29)24-16(4)18-8-10-19(11-9-18)26(7-3)23-6-2;1-3-4(2)5/h5-12,16,20,27H,1,3,13-15H2,2,4H3,(H,24,29);3,5H,1-2H3/q;+1/b23-6-;4-3+. The molecule has 1 aliphatic rings. The summed E-state index contributed by atoms with van der Waals surface area (Å²) in [6, 6.07) is 7.14. The third kappa shape index (κ3) is 9.03. The number of amides is 2. The number of hydrazone groups is 1. The van der Waals surface area contributed by atoms with Crippen LogP contribution in [0.3, 0.4) is 0 Å². The Bertz CT molecular complexity index is 933. The Morgan fingerprint density at radius 3 is 2.38 bits per heavy atom. The number of hydroxylamine groups is 1. The highest BCUT2D eigenvalue weighted by atomic mass is 16.5. The molecule has 2 unspecified atom stereocenters. The molecule has 184 valence electrons. The molecule has 0 fully saturated rings. The van der Waals surface area contributed by atoms with Gasteiger partial charge in [-0.1, -0.05) is 37.4 Å². The minimum atomic E-state index is -1.40. The quantitative estimate of drug-likeness (QED) is 0.223. The third-order valence-electron chi connectivity index (χ3n) is 5.04. The number of nitrogens with one attached hydrogen (secondary N) is 1. The van der Waals surface area contributed by atoms with Crippen molar-refractivity contribution in [1.82, 2.24) is 10.2 Å². The van der Waals surface area contributed by atoms with E-state index in [2.05, 4.69) is 23.6 Å². The summed E-state index contributed by atoms with van der Waals surface area (Å²) >= 11 is 0. The van der Waals surface area contributed by atoms with E-state index >= 15 is 0 Å². The van der Waals surface area contributed by atoms with Gasteiger partial charge in [0, 0.05) is 32.4 Å². The molecule has 2 amide bonds. The van der Waals surface area contributed by atoms with Gasteiger partial charge in [-0.2, -0.15) is 5.10 Å². The van der Waals surface area contributed by atoms with E-state index in [1.165, 1.54) is 0 Å². The highest BCUT2D eigenvalue weighted by Crippen LogP contribution is 2.20. The van der Waals surface area contributed by atoms with Crippen molar-refractivity contribution >= 4 is 29.9 Å². The lowest BCUT2D eigenvalue weighted by Crippen LogP contribution is -2.40. The number of anilines is 1. The average Bonchev–Trinajstić information content (AvgIpc) is 3.32. The Balaban J connectivity index is 0.00000104. The second kappa shape index (κ2) is 14.4. The Labute approximate surface area is 201 Å². The maximum absolute atomic E-state index is 12.3. The largest absolute Gasteiger partial charge is 0.383 e. The molecule has 1 heterocycles. The van der Waals surface area contributed by atoms with E-state index in [-0.39, 0.29) is 18.4 Å². The van der Waals surface area contributed by atoms with Crippen molar-refractivity contribution in [3.63, 3.8) is 0 Å². The normalized spacial score (nSPS) is 15.0. The summed E-state index contributed by atoms with van der Waals surface area (Å²) in [7, 11) is 1.56. The molecule has 0 saturated heterocycles. The lowest BCUT2D eigenvalue weighted by molar-refractivity contribution is -0.751. The van der Waals surface area contributed by atoms with Gasteiger partial charge >= 0.3 is 0 Å². The first-order valence-electron chi connectivity index (χ1n) is 11.0. The molecular weight excluding hydrogens is 434 g/mol. The van der Waals surface area contributed by atoms with Crippen LogP contribution in [-0.4, -0.2) is 70.4 Å². The van der Waals surface area contributed by atoms with Crippen molar-refractivity contribution in [3.8, 4) is 0 Å². The first-order chi connectivity index (χ1) is 16.2. The van der Waals surface area contributed by atoms with Gasteiger partial charge in [0.25, 0.3) is 0 Å². The first-order valence-corrected chi connectivity index (χ1v) is 11.0. The van der Waals surface area contributed by atoms with Gasteiger partial charge in [0.1, 0.15) is 6.10 Å². The summed E-state index contributed by atoms with van der Waals surface area (Å²) in [5.41, 5.74) is 2.67. The molecule has 9 nitrogen and oxygen atoms in total. The first kappa shape index (κ1) is 28.3. The van der Waals surface area contributed by atoms with E-state index in [1.54, 1.807) is 48.6 Å². The van der Waals surface area contributed by atoms with Crippen molar-refractivity contribution in [2.24, 2.45) is 5.10 Å². The molecule has 3 N–H and O–H groups in total. The van der Waals surface area contributed by atoms with Gasteiger partial charge in [0.05, 0.1) is 18.2 Å². The van der Waals surface area contributed by atoms with Crippen molar-refractivity contribution < 1.29 is 24.6 Å². The summed E-state index contributed by atoms with van der Waals surface area (Å²) < 4.78 is 1.00. The van der Waals surface area contributed by atoms with Crippen LogP contribution in [0, 0.1) is 0 Å². The lowest BCUT2D eigenvalue weighted by Gasteiger charge is -2.21. The molecule has 0 aromatic heterocycles. The van der Waals surface area contributed by atoms with E-state index in [0.29, 0.717) is 13.1 Å².